The maximum Gasteiger partial charge on any atom is 0.242 e. The van der Waals surface area contributed by atoms with Crippen molar-refractivity contribution in [3.8, 4) is 0 Å². The molecule has 1 amide bonds. The van der Waals surface area contributed by atoms with Gasteiger partial charge in [-0.25, -0.2) is 9.67 Å². The molecule has 0 atom stereocenters. The van der Waals surface area contributed by atoms with Gasteiger partial charge in [-0.05, 0) is 0 Å². The predicted octanol–water partition coefficient (Wildman–Crippen LogP) is -0.420. The summed E-state index contributed by atoms with van der Waals surface area (Å²) in [5.41, 5.74) is 0. The minimum absolute atomic E-state index is 0.0969. The van der Waals surface area contributed by atoms with Gasteiger partial charge in [-0.3, -0.25) is 4.79 Å². The number of hydrogen-bond donors (Lipinski definition) is 1. The van der Waals surface area contributed by atoms with Crippen LogP contribution in [0.3, 0.4) is 0 Å². The number of carbonyl (C=O) groups is 1. The van der Waals surface area contributed by atoms with E-state index in [-0.39, 0.29) is 12.5 Å². The molecule has 64 valence electrons. The summed E-state index contributed by atoms with van der Waals surface area (Å²) < 4.78 is 1.46. The zero-order chi connectivity index (χ0) is 8.81. The summed E-state index contributed by atoms with van der Waals surface area (Å²) in [5.74, 6) is -0.0969. The molecular formula is C7H10N4O. The second-order valence-electron chi connectivity index (χ2n) is 2.19. The highest BCUT2D eigenvalue weighted by Crippen LogP contribution is 1.79. The van der Waals surface area contributed by atoms with Crippen molar-refractivity contribution in [2.75, 3.05) is 6.54 Å². The highest BCUT2D eigenvalue weighted by Gasteiger charge is 1.99. The van der Waals surface area contributed by atoms with Crippen LogP contribution >= 0.6 is 0 Å². The van der Waals surface area contributed by atoms with Crippen LogP contribution in [0.15, 0.2) is 25.3 Å². The molecule has 0 aliphatic carbocycles. The van der Waals surface area contributed by atoms with Crippen LogP contribution in [-0.2, 0) is 11.3 Å². The molecule has 0 fully saturated rings. The zero-order valence-electron chi connectivity index (χ0n) is 6.60. The molecule has 0 radical (unpaired) electrons. The van der Waals surface area contributed by atoms with Crippen molar-refractivity contribution in [2.24, 2.45) is 0 Å². The first-order chi connectivity index (χ1) is 5.83. The Hall–Kier alpha value is -1.65. The second kappa shape index (κ2) is 4.27. The van der Waals surface area contributed by atoms with E-state index in [0.29, 0.717) is 6.54 Å². The fraction of sp³-hybridized carbons (Fsp3) is 0.286. The molecule has 1 aromatic rings. The summed E-state index contributed by atoms with van der Waals surface area (Å²) in [4.78, 5) is 14.7. The minimum atomic E-state index is -0.0969. The lowest BCUT2D eigenvalue weighted by Crippen LogP contribution is -2.27. The van der Waals surface area contributed by atoms with Gasteiger partial charge in [0.05, 0.1) is 0 Å². The lowest BCUT2D eigenvalue weighted by atomic mass is 10.5. The third kappa shape index (κ3) is 2.53. The standard InChI is InChI=1S/C7H10N4O/c1-2-3-9-7(12)4-11-6-8-5-10-11/h2,5-6H,1,3-4H2,(H,9,12). The van der Waals surface area contributed by atoms with E-state index in [1.807, 2.05) is 0 Å². The smallest absolute Gasteiger partial charge is 0.242 e. The number of aromatic nitrogens is 3. The van der Waals surface area contributed by atoms with Crippen LogP contribution in [0.1, 0.15) is 0 Å². The van der Waals surface area contributed by atoms with Crippen molar-refractivity contribution < 1.29 is 4.79 Å². The molecule has 0 unspecified atom stereocenters. The first-order valence-corrected chi connectivity index (χ1v) is 3.53. The van der Waals surface area contributed by atoms with Gasteiger partial charge >= 0.3 is 0 Å². The largest absolute Gasteiger partial charge is 0.351 e. The van der Waals surface area contributed by atoms with Crippen molar-refractivity contribution in [1.29, 1.82) is 0 Å². The zero-order valence-corrected chi connectivity index (χ0v) is 6.60. The van der Waals surface area contributed by atoms with Crippen molar-refractivity contribution >= 4 is 5.91 Å². The first-order valence-electron chi connectivity index (χ1n) is 3.53. The van der Waals surface area contributed by atoms with Gasteiger partial charge in [0.15, 0.2) is 0 Å². The molecule has 0 spiro atoms. The lowest BCUT2D eigenvalue weighted by molar-refractivity contribution is -0.121. The molecule has 0 saturated carbocycles. The maximum atomic E-state index is 11.0. The number of hydrogen-bond acceptors (Lipinski definition) is 3. The lowest BCUT2D eigenvalue weighted by Gasteiger charge is -2.00. The molecule has 0 aliphatic heterocycles. The minimum Gasteiger partial charge on any atom is -0.351 e. The summed E-state index contributed by atoms with van der Waals surface area (Å²) >= 11 is 0. The normalized spacial score (nSPS) is 9.33. The fourth-order valence-corrected chi connectivity index (χ4v) is 0.703. The van der Waals surface area contributed by atoms with Crippen molar-refractivity contribution in [1.82, 2.24) is 20.1 Å². The van der Waals surface area contributed by atoms with Crippen LogP contribution in [0.4, 0.5) is 0 Å². The monoisotopic (exact) mass is 166 g/mol. The van der Waals surface area contributed by atoms with E-state index >= 15 is 0 Å². The van der Waals surface area contributed by atoms with E-state index in [9.17, 15) is 4.79 Å². The van der Waals surface area contributed by atoms with Gasteiger partial charge in [0, 0.05) is 6.54 Å². The fourth-order valence-electron chi connectivity index (χ4n) is 0.703. The van der Waals surface area contributed by atoms with Gasteiger partial charge < -0.3 is 5.32 Å². The SMILES string of the molecule is C=CCNC(=O)Cn1cncn1. The summed E-state index contributed by atoms with van der Waals surface area (Å²) in [7, 11) is 0. The summed E-state index contributed by atoms with van der Waals surface area (Å²) in [6.45, 7) is 4.16. The molecule has 0 aromatic carbocycles. The molecule has 0 bridgehead atoms. The number of nitrogens with zero attached hydrogens (tertiary/aromatic N) is 3. The molecule has 1 rings (SSSR count). The van der Waals surface area contributed by atoms with Gasteiger partial charge in [0.2, 0.25) is 5.91 Å². The van der Waals surface area contributed by atoms with Crippen LogP contribution in [0.2, 0.25) is 0 Å². The average Bonchev–Trinajstić information content (AvgIpc) is 2.53. The molecule has 5 heteroatoms. The molecule has 1 N–H and O–H groups in total. The Labute approximate surface area is 70.1 Å². The van der Waals surface area contributed by atoms with E-state index in [2.05, 4.69) is 22.0 Å². The number of rotatable bonds is 4. The summed E-state index contributed by atoms with van der Waals surface area (Å²) in [6.07, 6.45) is 4.51. The molecule has 5 nitrogen and oxygen atoms in total. The highest BCUT2D eigenvalue weighted by molar-refractivity contribution is 5.75. The van der Waals surface area contributed by atoms with Gasteiger partial charge in [0.25, 0.3) is 0 Å². The Morgan fingerprint density at radius 3 is 3.17 bits per heavy atom. The third-order valence-corrected chi connectivity index (χ3v) is 1.22. The van der Waals surface area contributed by atoms with Crippen LogP contribution in [-0.4, -0.2) is 27.2 Å². The van der Waals surface area contributed by atoms with E-state index in [4.69, 9.17) is 0 Å². The summed E-state index contributed by atoms with van der Waals surface area (Å²) in [5, 5.41) is 6.41. The molecule has 0 aliphatic rings. The van der Waals surface area contributed by atoms with Crippen LogP contribution in [0.5, 0.6) is 0 Å². The van der Waals surface area contributed by atoms with E-state index in [0.717, 1.165) is 0 Å². The average molecular weight is 166 g/mol. The second-order valence-corrected chi connectivity index (χ2v) is 2.19. The van der Waals surface area contributed by atoms with Gasteiger partial charge in [-0.1, -0.05) is 6.08 Å². The van der Waals surface area contributed by atoms with Gasteiger partial charge in [-0.15, -0.1) is 6.58 Å². The third-order valence-electron chi connectivity index (χ3n) is 1.22. The maximum absolute atomic E-state index is 11.0. The number of carbonyl (C=O) groups excluding carboxylic acids is 1. The molecular weight excluding hydrogens is 156 g/mol. The van der Waals surface area contributed by atoms with Crippen molar-refractivity contribution in [2.45, 2.75) is 6.54 Å². The molecule has 0 saturated heterocycles. The Balaban J connectivity index is 2.32. The van der Waals surface area contributed by atoms with Gasteiger partial charge in [0.1, 0.15) is 19.2 Å². The Morgan fingerprint density at radius 1 is 1.75 bits per heavy atom. The highest BCUT2D eigenvalue weighted by atomic mass is 16.2. The van der Waals surface area contributed by atoms with Crippen molar-refractivity contribution in [3.05, 3.63) is 25.3 Å². The topological polar surface area (TPSA) is 59.8 Å². The quantitative estimate of drug-likeness (QED) is 0.618. The van der Waals surface area contributed by atoms with Crippen molar-refractivity contribution in [3.63, 3.8) is 0 Å². The van der Waals surface area contributed by atoms with E-state index < -0.39 is 0 Å². The molecule has 1 heterocycles. The Kier molecular flexibility index (Phi) is 3.01. The van der Waals surface area contributed by atoms with Crippen LogP contribution in [0, 0.1) is 0 Å². The van der Waals surface area contributed by atoms with E-state index in [1.165, 1.54) is 17.3 Å². The molecule has 12 heavy (non-hydrogen) atoms. The first kappa shape index (κ1) is 8.45. The predicted molar refractivity (Wildman–Crippen MR) is 43.2 cm³/mol. The number of amides is 1. The Bertz CT molecular complexity index is 254. The molecule has 1 aromatic heterocycles. The van der Waals surface area contributed by atoms with Crippen LogP contribution in [0.25, 0.3) is 0 Å². The van der Waals surface area contributed by atoms with Crippen LogP contribution < -0.4 is 5.32 Å². The van der Waals surface area contributed by atoms with Gasteiger partial charge in [-0.2, -0.15) is 5.10 Å². The number of nitrogens with one attached hydrogen (secondary N) is 1. The Morgan fingerprint density at radius 2 is 2.58 bits per heavy atom. The summed E-state index contributed by atoms with van der Waals surface area (Å²) in [6, 6.07) is 0. The van der Waals surface area contributed by atoms with E-state index in [1.54, 1.807) is 6.08 Å².